The summed E-state index contributed by atoms with van der Waals surface area (Å²) in [5.74, 6) is 1.05. The molecule has 1 aromatic heterocycles. The maximum Gasteiger partial charge on any atom is 0.167 e. The molecule has 1 unspecified atom stereocenters. The number of nitrogens with zero attached hydrogens (tertiary/aromatic N) is 2. The van der Waals surface area contributed by atoms with Gasteiger partial charge in [-0.2, -0.15) is 0 Å². The van der Waals surface area contributed by atoms with Crippen molar-refractivity contribution in [2.45, 2.75) is 32.0 Å². The molecule has 1 aromatic rings. The Balaban J connectivity index is 2.52. The molecule has 0 spiro atoms. The highest BCUT2D eigenvalue weighted by Gasteiger charge is 2.23. The van der Waals surface area contributed by atoms with E-state index in [1.807, 2.05) is 26.5 Å². The molecule has 0 saturated carbocycles. The van der Waals surface area contributed by atoms with Crippen molar-refractivity contribution in [3.63, 3.8) is 0 Å². The lowest BCUT2D eigenvalue weighted by molar-refractivity contribution is 0.305. The van der Waals surface area contributed by atoms with Crippen molar-refractivity contribution in [1.29, 1.82) is 0 Å². The number of hydrogen-bond donors (Lipinski definition) is 1. The van der Waals surface area contributed by atoms with Crippen LogP contribution in [0.3, 0.4) is 0 Å². The number of thioether (sulfide) groups is 1. The number of rotatable bonds is 4. The molecule has 15 heavy (non-hydrogen) atoms. The summed E-state index contributed by atoms with van der Waals surface area (Å²) in [5.41, 5.74) is 0.285. The first-order valence-electron chi connectivity index (χ1n) is 5.22. The normalized spacial score (nSPS) is 14.2. The summed E-state index contributed by atoms with van der Waals surface area (Å²) in [6.07, 6.45) is 3.82. The Morgan fingerprint density at radius 3 is 2.60 bits per heavy atom. The van der Waals surface area contributed by atoms with E-state index in [1.54, 1.807) is 11.8 Å². The van der Waals surface area contributed by atoms with Crippen LogP contribution in [-0.4, -0.2) is 28.4 Å². The minimum atomic E-state index is 0.285. The van der Waals surface area contributed by atoms with Crippen molar-refractivity contribution in [3.8, 4) is 0 Å². The predicted octanol–water partition coefficient (Wildman–Crippen LogP) is 2.15. The van der Waals surface area contributed by atoms with Gasteiger partial charge in [-0.3, -0.25) is 0 Å². The smallest absolute Gasteiger partial charge is 0.167 e. The maximum atomic E-state index is 4.30. The second-order valence-electron chi connectivity index (χ2n) is 4.84. The van der Waals surface area contributed by atoms with Crippen molar-refractivity contribution in [1.82, 2.24) is 14.9 Å². The van der Waals surface area contributed by atoms with Gasteiger partial charge in [-0.1, -0.05) is 32.5 Å². The Kier molecular flexibility index (Phi) is 4.22. The first-order valence-corrected chi connectivity index (χ1v) is 6.21. The van der Waals surface area contributed by atoms with Crippen molar-refractivity contribution in [2.75, 3.05) is 12.8 Å². The summed E-state index contributed by atoms with van der Waals surface area (Å²) in [5, 5.41) is 4.45. The van der Waals surface area contributed by atoms with Crippen molar-refractivity contribution < 1.29 is 0 Å². The maximum absolute atomic E-state index is 4.30. The average molecular weight is 227 g/mol. The van der Waals surface area contributed by atoms with Gasteiger partial charge in [0.25, 0.3) is 0 Å². The molecular formula is C11H21N3S. The van der Waals surface area contributed by atoms with Crippen LogP contribution in [0.5, 0.6) is 0 Å². The van der Waals surface area contributed by atoms with Crippen LogP contribution >= 0.6 is 11.8 Å². The summed E-state index contributed by atoms with van der Waals surface area (Å²) in [7, 11) is 4.05. The second-order valence-corrected chi connectivity index (χ2v) is 5.83. The highest BCUT2D eigenvalue weighted by molar-refractivity contribution is 7.99. The van der Waals surface area contributed by atoms with E-state index in [-0.39, 0.29) is 5.41 Å². The SMILES string of the molecule is CNC(CSc1nccn1C)C(C)(C)C. The van der Waals surface area contributed by atoms with Crippen molar-refractivity contribution >= 4 is 11.8 Å². The van der Waals surface area contributed by atoms with Gasteiger partial charge >= 0.3 is 0 Å². The monoisotopic (exact) mass is 227 g/mol. The molecule has 1 atom stereocenters. The molecule has 1 N–H and O–H groups in total. The molecule has 0 aromatic carbocycles. The van der Waals surface area contributed by atoms with Gasteiger partial charge in [-0.25, -0.2) is 4.98 Å². The van der Waals surface area contributed by atoms with Crippen molar-refractivity contribution in [3.05, 3.63) is 12.4 Å². The lowest BCUT2D eigenvalue weighted by atomic mass is 9.88. The molecule has 0 radical (unpaired) electrons. The highest BCUT2D eigenvalue weighted by atomic mass is 32.2. The Hall–Kier alpha value is -0.480. The Bertz CT molecular complexity index is 301. The van der Waals surface area contributed by atoms with Crippen LogP contribution in [-0.2, 0) is 7.05 Å². The molecule has 4 heteroatoms. The van der Waals surface area contributed by atoms with Crippen LogP contribution in [0.1, 0.15) is 20.8 Å². The van der Waals surface area contributed by atoms with Gasteiger partial charge in [0, 0.05) is 31.2 Å². The van der Waals surface area contributed by atoms with Gasteiger partial charge in [-0.15, -0.1) is 0 Å². The molecule has 0 aliphatic heterocycles. The Labute approximate surface area is 96.7 Å². The van der Waals surface area contributed by atoms with E-state index < -0.39 is 0 Å². The predicted molar refractivity (Wildman–Crippen MR) is 66.2 cm³/mol. The van der Waals surface area contributed by atoms with Crippen LogP contribution in [0, 0.1) is 5.41 Å². The van der Waals surface area contributed by atoms with Gasteiger partial charge in [0.05, 0.1) is 0 Å². The molecule has 0 bridgehead atoms. The standard InChI is InChI=1S/C11H21N3S/c1-11(2,3)9(12-4)8-15-10-13-6-7-14(10)5/h6-7,9,12H,8H2,1-5H3. The number of nitrogens with one attached hydrogen (secondary N) is 1. The van der Waals surface area contributed by atoms with Crippen LogP contribution in [0.15, 0.2) is 17.6 Å². The lowest BCUT2D eigenvalue weighted by Gasteiger charge is -2.29. The summed E-state index contributed by atoms with van der Waals surface area (Å²) in [4.78, 5) is 4.30. The molecule has 1 rings (SSSR count). The molecule has 0 aliphatic carbocycles. The van der Waals surface area contributed by atoms with Gasteiger partial charge in [0.15, 0.2) is 5.16 Å². The highest BCUT2D eigenvalue weighted by Crippen LogP contribution is 2.25. The third-order valence-corrected chi connectivity index (χ3v) is 3.70. The number of aryl methyl sites for hydroxylation is 1. The molecule has 86 valence electrons. The molecule has 0 aliphatic rings. The van der Waals surface area contributed by atoms with E-state index in [1.165, 1.54) is 0 Å². The van der Waals surface area contributed by atoms with E-state index in [9.17, 15) is 0 Å². The quantitative estimate of drug-likeness (QED) is 0.799. The zero-order valence-electron chi connectivity index (χ0n) is 10.2. The fourth-order valence-electron chi connectivity index (χ4n) is 1.42. The molecular weight excluding hydrogens is 206 g/mol. The Morgan fingerprint density at radius 2 is 2.20 bits per heavy atom. The number of imidazole rings is 1. The van der Waals surface area contributed by atoms with Gasteiger partial charge in [-0.05, 0) is 12.5 Å². The van der Waals surface area contributed by atoms with E-state index in [2.05, 4.69) is 35.6 Å². The van der Waals surface area contributed by atoms with E-state index >= 15 is 0 Å². The van der Waals surface area contributed by atoms with Crippen LogP contribution in [0.4, 0.5) is 0 Å². The summed E-state index contributed by atoms with van der Waals surface area (Å²) in [6.45, 7) is 6.77. The minimum absolute atomic E-state index is 0.285. The third kappa shape index (κ3) is 3.54. The van der Waals surface area contributed by atoms with Gasteiger partial charge in [0.2, 0.25) is 0 Å². The molecule has 1 heterocycles. The van der Waals surface area contributed by atoms with Gasteiger partial charge in [0.1, 0.15) is 0 Å². The van der Waals surface area contributed by atoms with Crippen LogP contribution in [0.25, 0.3) is 0 Å². The largest absolute Gasteiger partial charge is 0.329 e. The van der Waals surface area contributed by atoms with Crippen LogP contribution < -0.4 is 5.32 Å². The van der Waals surface area contributed by atoms with Crippen molar-refractivity contribution in [2.24, 2.45) is 12.5 Å². The summed E-state index contributed by atoms with van der Waals surface area (Å²) >= 11 is 1.80. The van der Waals surface area contributed by atoms with E-state index in [0.29, 0.717) is 6.04 Å². The van der Waals surface area contributed by atoms with E-state index in [0.717, 1.165) is 10.9 Å². The average Bonchev–Trinajstić information content (AvgIpc) is 2.50. The second kappa shape index (κ2) is 5.03. The zero-order valence-corrected chi connectivity index (χ0v) is 11.1. The molecule has 0 fully saturated rings. The van der Waals surface area contributed by atoms with Gasteiger partial charge < -0.3 is 9.88 Å². The zero-order chi connectivity index (χ0) is 11.5. The summed E-state index contributed by atoms with van der Waals surface area (Å²) < 4.78 is 2.06. The lowest BCUT2D eigenvalue weighted by Crippen LogP contribution is -2.40. The number of aromatic nitrogens is 2. The first kappa shape index (κ1) is 12.6. The Morgan fingerprint density at radius 1 is 1.53 bits per heavy atom. The third-order valence-electron chi connectivity index (χ3n) is 2.55. The molecule has 3 nitrogen and oxygen atoms in total. The first-order chi connectivity index (χ1) is 6.95. The summed E-state index contributed by atoms with van der Waals surface area (Å²) in [6, 6.07) is 0.499. The fourth-order valence-corrected chi connectivity index (χ4v) is 2.80. The minimum Gasteiger partial charge on any atom is -0.329 e. The van der Waals surface area contributed by atoms with Crippen LogP contribution in [0.2, 0.25) is 0 Å². The molecule has 0 amide bonds. The van der Waals surface area contributed by atoms with E-state index in [4.69, 9.17) is 0 Å². The topological polar surface area (TPSA) is 29.9 Å². The number of hydrogen-bond acceptors (Lipinski definition) is 3. The fraction of sp³-hybridized carbons (Fsp3) is 0.727. The molecule has 0 saturated heterocycles.